The third-order valence-electron chi connectivity index (χ3n) is 4.25. The third-order valence-corrected chi connectivity index (χ3v) is 21.9. The van der Waals surface area contributed by atoms with Gasteiger partial charge in [0.1, 0.15) is 17.2 Å². The maximum atomic E-state index is 9.85. The van der Waals surface area contributed by atoms with E-state index in [0.717, 1.165) is 0 Å². The van der Waals surface area contributed by atoms with E-state index >= 15 is 0 Å². The lowest BCUT2D eigenvalue weighted by Crippen LogP contribution is -2.60. The highest BCUT2D eigenvalue weighted by atomic mass is 31.3. The van der Waals surface area contributed by atoms with Crippen molar-refractivity contribution < 1.29 is 188 Å². The second-order valence-corrected chi connectivity index (χ2v) is 36.4. The maximum Gasteiger partial charge on any atom is 0.337 e. The number of hydrogen-bond donors (Lipinski definition) is 31. The summed E-state index contributed by atoms with van der Waals surface area (Å²) in [4.78, 5) is 191. The Morgan fingerprint density at radius 1 is 0.300 bits per heavy atom. The molecule has 0 saturated heterocycles. The Morgan fingerprint density at radius 2 is 0.429 bits per heavy atom. The fourth-order valence-corrected chi connectivity index (χ4v) is 13.8. The molecule has 0 fully saturated rings. The molecule has 0 bridgehead atoms. The second-order valence-electron chi connectivity index (χ2n) is 13.6. The first-order valence-electron chi connectivity index (χ1n) is 15.9. The summed E-state index contributed by atoms with van der Waals surface area (Å²) in [5, 5.41) is 34.0. The van der Waals surface area contributed by atoms with Gasteiger partial charge in [0.05, 0.1) is 0 Å². The summed E-state index contributed by atoms with van der Waals surface area (Å²) < 4.78 is 118. The Labute approximate surface area is 393 Å². The zero-order valence-electron chi connectivity index (χ0n) is 35.4. The van der Waals surface area contributed by atoms with Crippen LogP contribution in [0.5, 0.6) is 0 Å². The minimum atomic E-state index is -4.55. The van der Waals surface area contributed by atoms with Crippen LogP contribution in [0, 0.1) is 0 Å². The van der Waals surface area contributed by atoms with Gasteiger partial charge < -0.3 is 144 Å². The SMILES string of the molecule is CC(N)(O)CNC(C)(O)CNC(C)(O)CN.O=P(O)(O)CP(=O)(O)O.O=P(O)(O)CP(=O)(O)O.O=P(O)(O)CP(=O)(O)O.O=P(O)(O)CP(=O)(O)O.O=P(O)(O)CP(=O)(O)O.O=P(O)(O)CP(=O)(O)O. The first-order chi connectivity index (χ1) is 29.2. The number of nitrogens with two attached hydrogens (primary N) is 2. The zero-order chi connectivity index (χ0) is 59.3. The number of aliphatic hydroxyl groups is 3. The fourth-order valence-electron chi connectivity index (χ4n) is 2.31. The second kappa shape index (κ2) is 32.4. The van der Waals surface area contributed by atoms with Crippen LogP contribution in [0.15, 0.2) is 0 Å². The first-order valence-corrected chi connectivity index (χ1v) is 37.5. The average molecular weight is 1290 g/mol. The van der Waals surface area contributed by atoms with Gasteiger partial charge in [-0.05, 0) is 20.8 Å². The lowest BCUT2D eigenvalue weighted by Gasteiger charge is -2.32. The predicted octanol–water partition coefficient (Wildman–Crippen LogP) is -7.00. The number of nitrogens with one attached hydrogen (secondary N) is 2. The monoisotopic (exact) mass is 1290 g/mol. The summed E-state index contributed by atoms with van der Waals surface area (Å²) in [5.74, 6) is -8.25. The minimum Gasteiger partial charge on any atom is -0.375 e. The zero-order valence-corrected chi connectivity index (χ0v) is 46.1. The van der Waals surface area contributed by atoms with Gasteiger partial charge in [-0.1, -0.05) is 0 Å². The Bertz CT molecular complexity index is 1660. The van der Waals surface area contributed by atoms with Crippen molar-refractivity contribution in [3.05, 3.63) is 0 Å². The molecule has 3 atom stereocenters. The van der Waals surface area contributed by atoms with Gasteiger partial charge in [-0.3, -0.25) is 65.4 Å². The van der Waals surface area contributed by atoms with Crippen LogP contribution in [0.4, 0.5) is 0 Å². The molecule has 0 aromatic carbocycles. The normalized spacial score (nSPS) is 15.9. The molecule has 0 aromatic heterocycles. The summed E-state index contributed by atoms with van der Waals surface area (Å²) in [6.07, 6.45) is 0. The van der Waals surface area contributed by atoms with Gasteiger partial charge in [0, 0.05) is 19.6 Å². The van der Waals surface area contributed by atoms with Crippen LogP contribution in [0.25, 0.3) is 0 Å². The summed E-state index contributed by atoms with van der Waals surface area (Å²) in [6, 6.07) is 0. The highest BCUT2D eigenvalue weighted by Gasteiger charge is 2.31. The quantitative estimate of drug-likeness (QED) is 0.0422. The van der Waals surface area contributed by atoms with E-state index in [9.17, 15) is 70.1 Å². The molecule has 70 heavy (non-hydrogen) atoms. The van der Waals surface area contributed by atoms with Gasteiger partial charge in [-0.25, -0.2) is 0 Å². The van der Waals surface area contributed by atoms with E-state index in [4.69, 9.17) is 129 Å². The van der Waals surface area contributed by atoms with Crippen molar-refractivity contribution in [3.63, 3.8) is 0 Å². The first kappa shape index (κ1) is 85.4. The molecular weight excluding hydrogens is 1230 g/mol. The molecule has 43 nitrogen and oxygen atoms in total. The van der Waals surface area contributed by atoms with Crippen molar-refractivity contribution in [1.82, 2.24) is 10.6 Å². The van der Waals surface area contributed by atoms with Crippen LogP contribution in [0.2, 0.25) is 0 Å². The van der Waals surface area contributed by atoms with Crippen LogP contribution in [0.3, 0.4) is 0 Å². The van der Waals surface area contributed by atoms with Crippen molar-refractivity contribution in [1.29, 1.82) is 0 Å². The predicted molar refractivity (Wildman–Crippen MR) is 235 cm³/mol. The van der Waals surface area contributed by atoms with Gasteiger partial charge in [0.15, 0.2) is 35.4 Å². The molecule has 0 radical (unpaired) electrons. The van der Waals surface area contributed by atoms with Crippen LogP contribution in [-0.4, -0.2) is 205 Å². The van der Waals surface area contributed by atoms with Gasteiger partial charge >= 0.3 is 91.1 Å². The van der Waals surface area contributed by atoms with E-state index < -0.39 is 144 Å². The number of hydrogen-bond acceptors (Lipinski definition) is 19. The lowest BCUT2D eigenvalue weighted by atomic mass is 10.2. The molecule has 0 aliphatic carbocycles. The largest absolute Gasteiger partial charge is 0.375 e. The molecule has 0 spiro atoms. The molecule has 0 aliphatic rings. The summed E-state index contributed by atoms with van der Waals surface area (Å²) in [6.45, 7) is 4.53. The van der Waals surface area contributed by atoms with Gasteiger partial charge in [0.25, 0.3) is 0 Å². The van der Waals surface area contributed by atoms with Crippen LogP contribution >= 0.6 is 91.1 Å². The molecule has 0 saturated carbocycles. The Morgan fingerprint density at radius 3 is 0.514 bits per heavy atom. The summed E-state index contributed by atoms with van der Waals surface area (Å²) >= 11 is 0. The van der Waals surface area contributed by atoms with Crippen molar-refractivity contribution in [3.8, 4) is 0 Å². The maximum absolute atomic E-state index is 9.85. The molecule has 0 aliphatic heterocycles. The van der Waals surface area contributed by atoms with E-state index in [-0.39, 0.29) is 19.6 Å². The smallest absolute Gasteiger partial charge is 0.337 e. The van der Waals surface area contributed by atoms with E-state index in [1.807, 2.05) is 0 Å². The minimum absolute atomic E-state index is 0.0203. The molecule has 3 unspecified atom stereocenters. The fraction of sp³-hybridized carbons (Fsp3) is 1.00. The van der Waals surface area contributed by atoms with Gasteiger partial charge in [-0.15, -0.1) is 0 Å². The summed E-state index contributed by atoms with van der Waals surface area (Å²) in [5.41, 5.74) is 6.70. The van der Waals surface area contributed by atoms with Crippen molar-refractivity contribution in [2.75, 3.05) is 55.1 Å². The molecule has 434 valence electrons. The molecule has 33 N–H and O–H groups in total. The molecule has 55 heteroatoms. The topological polar surface area (TPSA) is 827 Å². The molecule has 0 amide bonds. The third kappa shape index (κ3) is 110. The van der Waals surface area contributed by atoms with Crippen LogP contribution in [-0.2, 0) is 54.8 Å². The highest BCUT2D eigenvalue weighted by Crippen LogP contribution is 2.55. The molecule has 0 rings (SSSR count). The molecular formula is C15H60N4O39P12. The number of rotatable bonds is 19. The van der Waals surface area contributed by atoms with E-state index in [1.54, 1.807) is 0 Å². The summed E-state index contributed by atoms with van der Waals surface area (Å²) in [7, 11) is -54.6. The average Bonchev–Trinajstić information content (AvgIpc) is 2.85. The van der Waals surface area contributed by atoms with Crippen LogP contribution in [0.1, 0.15) is 20.8 Å². The van der Waals surface area contributed by atoms with Crippen molar-refractivity contribution >= 4 is 91.1 Å². The van der Waals surface area contributed by atoms with Gasteiger partial charge in [-0.2, -0.15) is 0 Å². The van der Waals surface area contributed by atoms with Crippen LogP contribution < -0.4 is 22.1 Å². The molecule has 0 heterocycles. The Kier molecular flexibility index (Phi) is 39.6. The van der Waals surface area contributed by atoms with E-state index in [0.29, 0.717) is 0 Å². The van der Waals surface area contributed by atoms with Crippen molar-refractivity contribution in [2.45, 2.75) is 37.9 Å². The lowest BCUT2D eigenvalue weighted by molar-refractivity contribution is -0.0383. The Hall–Kier alpha value is 1.52. The van der Waals surface area contributed by atoms with Crippen molar-refractivity contribution in [2.24, 2.45) is 11.5 Å². The van der Waals surface area contributed by atoms with E-state index in [1.165, 1.54) is 20.8 Å². The standard InChI is InChI=1S/C9H24N4O3.6CH6O6P2/c1-7(11,14)5-12-9(3,16)6-13-8(2,15)4-10;6*2-8(3,4)1-9(5,6)7/h12-16H,4-6,10-11H2,1-3H3;6*1H2,(H2,2,3,4)(H2,5,6,7). The van der Waals surface area contributed by atoms with E-state index in [2.05, 4.69) is 10.6 Å². The molecule has 0 aromatic rings. The Balaban J connectivity index is -0.000000134. The van der Waals surface area contributed by atoms with Gasteiger partial charge in [0.2, 0.25) is 0 Å². The highest BCUT2D eigenvalue weighted by molar-refractivity contribution is 7.71.